The van der Waals surface area contributed by atoms with Crippen molar-refractivity contribution in [1.29, 1.82) is 0 Å². The number of piperidine rings is 1. The third-order valence-electron chi connectivity index (χ3n) is 4.23. The van der Waals surface area contributed by atoms with Gasteiger partial charge in [0.2, 0.25) is 0 Å². The Balaban J connectivity index is 1.48. The summed E-state index contributed by atoms with van der Waals surface area (Å²) in [5.74, 6) is 0. The molecule has 0 bridgehead atoms. The van der Waals surface area contributed by atoms with E-state index < -0.39 is 0 Å². The SMILES string of the molecule is O=C(NCCc1ccc(-c2ccccc2)nc1)N1CCCCC1. The number of carbonyl (C=O) groups is 1. The summed E-state index contributed by atoms with van der Waals surface area (Å²) < 4.78 is 0. The summed E-state index contributed by atoms with van der Waals surface area (Å²) in [5, 5.41) is 3.01. The van der Waals surface area contributed by atoms with Crippen molar-refractivity contribution in [3.8, 4) is 11.3 Å². The number of benzene rings is 1. The summed E-state index contributed by atoms with van der Waals surface area (Å²) in [5.41, 5.74) is 3.24. The first kappa shape index (κ1) is 15.5. The Morgan fingerprint density at radius 2 is 1.83 bits per heavy atom. The fraction of sp³-hybridized carbons (Fsp3) is 0.368. The van der Waals surface area contributed by atoms with Crippen LogP contribution in [0.15, 0.2) is 48.7 Å². The third-order valence-corrected chi connectivity index (χ3v) is 4.23. The molecule has 4 nitrogen and oxygen atoms in total. The summed E-state index contributed by atoms with van der Waals surface area (Å²) in [7, 11) is 0. The lowest BCUT2D eigenvalue weighted by Crippen LogP contribution is -2.43. The van der Waals surface area contributed by atoms with Crippen LogP contribution < -0.4 is 5.32 Å². The Morgan fingerprint density at radius 1 is 1.04 bits per heavy atom. The quantitative estimate of drug-likeness (QED) is 0.939. The molecule has 3 rings (SSSR count). The van der Waals surface area contributed by atoms with Crippen molar-refractivity contribution in [2.24, 2.45) is 0 Å². The lowest BCUT2D eigenvalue weighted by Gasteiger charge is -2.26. The summed E-state index contributed by atoms with van der Waals surface area (Å²) in [4.78, 5) is 18.5. The van der Waals surface area contributed by atoms with Gasteiger partial charge in [-0.25, -0.2) is 4.79 Å². The molecule has 1 N–H and O–H groups in total. The number of rotatable bonds is 4. The smallest absolute Gasteiger partial charge is 0.317 e. The van der Waals surface area contributed by atoms with Crippen molar-refractivity contribution in [1.82, 2.24) is 15.2 Å². The van der Waals surface area contributed by atoms with Gasteiger partial charge in [-0.2, -0.15) is 0 Å². The van der Waals surface area contributed by atoms with E-state index in [1.807, 2.05) is 35.4 Å². The predicted molar refractivity (Wildman–Crippen MR) is 92.2 cm³/mol. The van der Waals surface area contributed by atoms with Gasteiger partial charge in [0.25, 0.3) is 0 Å². The molecule has 23 heavy (non-hydrogen) atoms. The molecule has 0 atom stereocenters. The maximum absolute atomic E-state index is 12.0. The Labute approximate surface area is 137 Å². The second-order valence-electron chi connectivity index (χ2n) is 5.95. The van der Waals surface area contributed by atoms with E-state index in [-0.39, 0.29) is 6.03 Å². The van der Waals surface area contributed by atoms with Gasteiger partial charge in [0.15, 0.2) is 0 Å². The molecule has 2 heterocycles. The van der Waals surface area contributed by atoms with E-state index in [0.29, 0.717) is 6.54 Å². The highest BCUT2D eigenvalue weighted by Gasteiger charge is 2.15. The van der Waals surface area contributed by atoms with Crippen molar-refractivity contribution >= 4 is 6.03 Å². The zero-order valence-corrected chi connectivity index (χ0v) is 13.4. The molecule has 0 radical (unpaired) electrons. The van der Waals surface area contributed by atoms with Crippen molar-refractivity contribution in [3.05, 3.63) is 54.2 Å². The molecule has 1 aliphatic heterocycles. The number of pyridine rings is 1. The van der Waals surface area contributed by atoms with Gasteiger partial charge in [0, 0.05) is 31.4 Å². The van der Waals surface area contributed by atoms with Crippen molar-refractivity contribution in [2.75, 3.05) is 19.6 Å². The molecule has 4 heteroatoms. The number of hydrogen-bond acceptors (Lipinski definition) is 2. The first-order chi connectivity index (χ1) is 11.3. The topological polar surface area (TPSA) is 45.2 Å². The number of nitrogens with zero attached hydrogens (tertiary/aromatic N) is 2. The molecule has 1 aliphatic rings. The minimum absolute atomic E-state index is 0.0681. The molecule has 0 aliphatic carbocycles. The van der Waals surface area contributed by atoms with Crippen LogP contribution in [-0.4, -0.2) is 35.5 Å². The third kappa shape index (κ3) is 4.31. The molecule has 0 saturated carbocycles. The van der Waals surface area contributed by atoms with E-state index in [1.54, 1.807) is 0 Å². The van der Waals surface area contributed by atoms with Gasteiger partial charge in [0.05, 0.1) is 5.69 Å². The second-order valence-corrected chi connectivity index (χ2v) is 5.95. The van der Waals surface area contributed by atoms with E-state index in [4.69, 9.17) is 0 Å². The standard InChI is InChI=1S/C19H23N3O/c23-19(22-13-5-2-6-14-22)20-12-11-16-9-10-18(21-15-16)17-7-3-1-4-8-17/h1,3-4,7-10,15H,2,5-6,11-14H2,(H,20,23). The normalized spacial score (nSPS) is 14.5. The maximum Gasteiger partial charge on any atom is 0.317 e. The predicted octanol–water partition coefficient (Wildman–Crippen LogP) is 3.49. The minimum atomic E-state index is 0.0681. The van der Waals surface area contributed by atoms with Crippen LogP contribution in [0.2, 0.25) is 0 Å². The van der Waals surface area contributed by atoms with Crippen molar-refractivity contribution in [2.45, 2.75) is 25.7 Å². The van der Waals surface area contributed by atoms with Gasteiger partial charge >= 0.3 is 6.03 Å². The first-order valence-electron chi connectivity index (χ1n) is 8.36. The molecular formula is C19H23N3O. The number of likely N-dealkylation sites (tertiary alicyclic amines) is 1. The highest BCUT2D eigenvalue weighted by molar-refractivity contribution is 5.74. The van der Waals surface area contributed by atoms with Crippen LogP contribution in [-0.2, 0) is 6.42 Å². The fourth-order valence-corrected chi connectivity index (χ4v) is 2.87. The lowest BCUT2D eigenvalue weighted by molar-refractivity contribution is 0.186. The second kappa shape index (κ2) is 7.77. The van der Waals surface area contributed by atoms with E-state index in [1.165, 1.54) is 6.42 Å². The molecular weight excluding hydrogens is 286 g/mol. The van der Waals surface area contributed by atoms with Crippen molar-refractivity contribution < 1.29 is 4.79 Å². The number of carbonyl (C=O) groups excluding carboxylic acids is 1. The Kier molecular flexibility index (Phi) is 5.25. The monoisotopic (exact) mass is 309 g/mol. The number of urea groups is 1. The van der Waals surface area contributed by atoms with Gasteiger partial charge in [-0.1, -0.05) is 36.4 Å². The van der Waals surface area contributed by atoms with Gasteiger partial charge in [-0.15, -0.1) is 0 Å². The first-order valence-corrected chi connectivity index (χ1v) is 8.36. The Bertz CT molecular complexity index is 619. The Hall–Kier alpha value is -2.36. The van der Waals surface area contributed by atoms with Crippen molar-refractivity contribution in [3.63, 3.8) is 0 Å². The summed E-state index contributed by atoms with van der Waals surface area (Å²) in [6.07, 6.45) is 6.19. The average molecular weight is 309 g/mol. The number of aromatic nitrogens is 1. The van der Waals surface area contributed by atoms with Crippen LogP contribution in [0.25, 0.3) is 11.3 Å². The summed E-state index contributed by atoms with van der Waals surface area (Å²) in [6, 6.07) is 14.3. The van der Waals surface area contributed by atoms with Crippen LogP contribution in [0.1, 0.15) is 24.8 Å². The molecule has 2 aromatic rings. The number of nitrogens with one attached hydrogen (secondary N) is 1. The van der Waals surface area contributed by atoms with Gasteiger partial charge in [-0.3, -0.25) is 4.98 Å². The highest BCUT2D eigenvalue weighted by atomic mass is 16.2. The molecule has 120 valence electrons. The van der Waals surface area contributed by atoms with E-state index in [9.17, 15) is 4.79 Å². The molecule has 1 aromatic carbocycles. The Morgan fingerprint density at radius 3 is 2.52 bits per heavy atom. The van der Waals surface area contributed by atoms with Crippen LogP contribution in [0.5, 0.6) is 0 Å². The molecule has 0 spiro atoms. The summed E-state index contributed by atoms with van der Waals surface area (Å²) >= 11 is 0. The van der Waals surface area contributed by atoms with Crippen LogP contribution in [0, 0.1) is 0 Å². The van der Waals surface area contributed by atoms with E-state index >= 15 is 0 Å². The highest BCUT2D eigenvalue weighted by Crippen LogP contribution is 2.16. The van der Waals surface area contributed by atoms with Gasteiger partial charge in [0.1, 0.15) is 0 Å². The van der Waals surface area contributed by atoms with Crippen LogP contribution >= 0.6 is 0 Å². The van der Waals surface area contributed by atoms with Crippen LogP contribution in [0.4, 0.5) is 4.79 Å². The fourth-order valence-electron chi connectivity index (χ4n) is 2.87. The zero-order chi connectivity index (χ0) is 15.9. The average Bonchev–Trinajstić information content (AvgIpc) is 2.64. The van der Waals surface area contributed by atoms with E-state index in [2.05, 4.69) is 28.5 Å². The van der Waals surface area contributed by atoms with Crippen LogP contribution in [0.3, 0.4) is 0 Å². The number of hydrogen-bond donors (Lipinski definition) is 1. The summed E-state index contributed by atoms with van der Waals surface area (Å²) in [6.45, 7) is 2.43. The number of amides is 2. The lowest BCUT2D eigenvalue weighted by atomic mass is 10.1. The molecule has 1 saturated heterocycles. The maximum atomic E-state index is 12.0. The molecule has 0 unspecified atom stereocenters. The largest absolute Gasteiger partial charge is 0.338 e. The molecule has 1 fully saturated rings. The van der Waals surface area contributed by atoms with E-state index in [0.717, 1.165) is 49.2 Å². The molecule has 1 aromatic heterocycles. The van der Waals surface area contributed by atoms with Gasteiger partial charge in [-0.05, 0) is 37.3 Å². The minimum Gasteiger partial charge on any atom is -0.338 e. The zero-order valence-electron chi connectivity index (χ0n) is 13.4. The molecule has 2 amide bonds. The van der Waals surface area contributed by atoms with Gasteiger partial charge < -0.3 is 10.2 Å².